The number of nitrogens with zero attached hydrogens (tertiary/aromatic N) is 1. The highest BCUT2D eigenvalue weighted by Crippen LogP contribution is 2.35. The molecule has 98 valence electrons. The van der Waals surface area contributed by atoms with E-state index in [1.54, 1.807) is 34.0 Å². The number of hydrogen-bond acceptors (Lipinski definition) is 4. The zero-order valence-corrected chi connectivity index (χ0v) is 12.8. The van der Waals surface area contributed by atoms with E-state index < -0.39 is 0 Å². The molecule has 0 saturated carbocycles. The molecule has 2 nitrogen and oxygen atoms in total. The van der Waals surface area contributed by atoms with Crippen molar-refractivity contribution < 1.29 is 0 Å². The third-order valence-electron chi connectivity index (χ3n) is 3.10. The Labute approximate surface area is 128 Å². The summed E-state index contributed by atoms with van der Waals surface area (Å²) < 4.78 is 0. The van der Waals surface area contributed by atoms with E-state index in [0.717, 1.165) is 22.8 Å². The fourth-order valence-electron chi connectivity index (χ4n) is 2.13. The van der Waals surface area contributed by atoms with E-state index in [1.807, 2.05) is 0 Å². The number of nitrogens with one attached hydrogen (secondary N) is 1. The minimum atomic E-state index is 0.939. The predicted octanol–water partition coefficient (Wildman–Crippen LogP) is 5.60. The van der Waals surface area contributed by atoms with Gasteiger partial charge < -0.3 is 4.98 Å². The summed E-state index contributed by atoms with van der Waals surface area (Å²) >= 11 is 5.09. The van der Waals surface area contributed by atoms with E-state index in [-0.39, 0.29) is 0 Å². The quantitative estimate of drug-likeness (QED) is 0.524. The summed E-state index contributed by atoms with van der Waals surface area (Å²) in [5.74, 6) is 0.939. The Morgan fingerprint density at radius 1 is 0.750 bits per heavy atom. The summed E-state index contributed by atoms with van der Waals surface area (Å²) in [5.41, 5.74) is 5.66. The van der Waals surface area contributed by atoms with Crippen LogP contribution in [0, 0.1) is 0 Å². The zero-order valence-electron chi connectivity index (χ0n) is 10.4. The van der Waals surface area contributed by atoms with Crippen molar-refractivity contribution in [2.75, 3.05) is 0 Å². The number of H-pyrrole nitrogens is 1. The van der Waals surface area contributed by atoms with Crippen molar-refractivity contribution in [3.8, 4) is 33.9 Å². The largest absolute Gasteiger partial charge is 0.337 e. The Bertz CT molecular complexity index is 742. The number of imidazole rings is 1. The van der Waals surface area contributed by atoms with Gasteiger partial charge in [0.15, 0.2) is 0 Å². The number of aromatic amines is 1. The first kappa shape index (κ1) is 12.1. The highest BCUT2D eigenvalue weighted by molar-refractivity contribution is 7.08. The van der Waals surface area contributed by atoms with Crippen LogP contribution in [0.25, 0.3) is 33.9 Å². The van der Waals surface area contributed by atoms with Crippen molar-refractivity contribution in [1.29, 1.82) is 0 Å². The molecule has 1 N–H and O–H groups in total. The minimum absolute atomic E-state index is 0.939. The molecule has 0 aliphatic rings. The molecule has 0 aliphatic carbocycles. The van der Waals surface area contributed by atoms with E-state index in [9.17, 15) is 0 Å². The molecule has 0 unspecified atom stereocenters. The maximum atomic E-state index is 4.81. The van der Waals surface area contributed by atoms with Crippen LogP contribution >= 0.6 is 34.0 Å². The summed E-state index contributed by atoms with van der Waals surface area (Å²) in [4.78, 5) is 8.30. The van der Waals surface area contributed by atoms with Crippen molar-refractivity contribution in [2.24, 2.45) is 0 Å². The van der Waals surface area contributed by atoms with Crippen molar-refractivity contribution >= 4 is 34.0 Å². The molecule has 0 bridgehead atoms. The molecule has 4 heterocycles. The summed E-state index contributed by atoms with van der Waals surface area (Å²) in [6.45, 7) is 0. The second-order valence-electron chi connectivity index (χ2n) is 4.35. The molecular weight excluding hydrogens is 304 g/mol. The fraction of sp³-hybridized carbons (Fsp3) is 0. The molecule has 20 heavy (non-hydrogen) atoms. The maximum absolute atomic E-state index is 4.81. The lowest BCUT2D eigenvalue weighted by Crippen LogP contribution is -1.78. The van der Waals surface area contributed by atoms with Crippen molar-refractivity contribution in [2.45, 2.75) is 0 Å². The number of thiophene rings is 3. The molecule has 0 amide bonds. The topological polar surface area (TPSA) is 28.7 Å². The van der Waals surface area contributed by atoms with Gasteiger partial charge in [0.1, 0.15) is 5.82 Å². The molecular formula is C15H10N2S3. The molecule has 0 spiro atoms. The monoisotopic (exact) mass is 314 g/mol. The Hall–Kier alpha value is -1.69. The Morgan fingerprint density at radius 2 is 1.35 bits per heavy atom. The number of aromatic nitrogens is 2. The number of hydrogen-bond donors (Lipinski definition) is 1. The lowest BCUT2D eigenvalue weighted by atomic mass is 10.1. The Balaban J connectivity index is 1.92. The van der Waals surface area contributed by atoms with E-state index in [4.69, 9.17) is 4.98 Å². The van der Waals surface area contributed by atoms with E-state index in [2.05, 4.69) is 55.5 Å². The van der Waals surface area contributed by atoms with Gasteiger partial charge in [-0.2, -0.15) is 34.0 Å². The molecule has 0 radical (unpaired) electrons. The summed E-state index contributed by atoms with van der Waals surface area (Å²) in [6, 6.07) is 6.35. The van der Waals surface area contributed by atoms with Crippen LogP contribution in [-0.4, -0.2) is 9.97 Å². The van der Waals surface area contributed by atoms with Gasteiger partial charge in [0.25, 0.3) is 0 Å². The van der Waals surface area contributed by atoms with Crippen LogP contribution in [-0.2, 0) is 0 Å². The average Bonchev–Trinajstić information content (AvgIpc) is 3.22. The van der Waals surface area contributed by atoms with Gasteiger partial charge in [-0.15, -0.1) is 0 Å². The second-order valence-corrected chi connectivity index (χ2v) is 6.69. The molecule has 4 rings (SSSR count). The van der Waals surface area contributed by atoms with E-state index in [1.165, 1.54) is 11.1 Å². The van der Waals surface area contributed by atoms with Gasteiger partial charge in [0, 0.05) is 32.8 Å². The van der Waals surface area contributed by atoms with E-state index in [0.29, 0.717) is 0 Å². The molecule has 0 fully saturated rings. The number of rotatable bonds is 3. The molecule has 4 aromatic rings. The lowest BCUT2D eigenvalue weighted by molar-refractivity contribution is 1.32. The third-order valence-corrected chi connectivity index (χ3v) is 5.15. The fourth-order valence-corrected chi connectivity index (χ4v) is 4.06. The van der Waals surface area contributed by atoms with Crippen LogP contribution in [0.5, 0.6) is 0 Å². The highest BCUT2D eigenvalue weighted by Gasteiger charge is 2.15. The zero-order chi connectivity index (χ0) is 13.4. The second kappa shape index (κ2) is 5.01. The highest BCUT2D eigenvalue weighted by atomic mass is 32.1. The molecule has 5 heteroatoms. The van der Waals surface area contributed by atoms with Gasteiger partial charge in [-0.1, -0.05) is 0 Å². The van der Waals surface area contributed by atoms with E-state index >= 15 is 0 Å². The summed E-state index contributed by atoms with van der Waals surface area (Å²) in [7, 11) is 0. The van der Waals surface area contributed by atoms with Gasteiger partial charge in [-0.05, 0) is 34.3 Å². The average molecular weight is 314 g/mol. The van der Waals surface area contributed by atoms with Crippen LogP contribution < -0.4 is 0 Å². The SMILES string of the molecule is c1cc(-c2nc(-c3ccsc3)c(-c3ccsc3)[nH]2)cs1. The molecule has 0 saturated heterocycles. The standard InChI is InChI=1S/C15H10N2S3/c1-4-18-7-10(1)13-14(11-2-5-19-8-11)17-15(16-13)12-3-6-20-9-12/h1-9H,(H,16,17). The van der Waals surface area contributed by atoms with Gasteiger partial charge in [-0.25, -0.2) is 4.98 Å². The van der Waals surface area contributed by atoms with Crippen LogP contribution in [0.2, 0.25) is 0 Å². The first-order chi connectivity index (χ1) is 9.92. The maximum Gasteiger partial charge on any atom is 0.139 e. The Kier molecular flexibility index (Phi) is 3.03. The van der Waals surface area contributed by atoms with Crippen molar-refractivity contribution in [3.05, 3.63) is 50.5 Å². The minimum Gasteiger partial charge on any atom is -0.337 e. The molecule has 0 atom stereocenters. The van der Waals surface area contributed by atoms with Crippen molar-refractivity contribution in [3.63, 3.8) is 0 Å². The normalized spacial score (nSPS) is 11.0. The molecule has 4 aromatic heterocycles. The summed E-state index contributed by atoms with van der Waals surface area (Å²) in [5, 5.41) is 12.7. The lowest BCUT2D eigenvalue weighted by Gasteiger charge is -1.97. The van der Waals surface area contributed by atoms with Gasteiger partial charge in [0.05, 0.1) is 11.4 Å². The van der Waals surface area contributed by atoms with Crippen molar-refractivity contribution in [1.82, 2.24) is 9.97 Å². The molecule has 0 aliphatic heterocycles. The first-order valence-electron chi connectivity index (χ1n) is 6.09. The first-order valence-corrected chi connectivity index (χ1v) is 8.92. The smallest absolute Gasteiger partial charge is 0.139 e. The predicted molar refractivity (Wildman–Crippen MR) is 88.5 cm³/mol. The Morgan fingerprint density at radius 3 is 1.95 bits per heavy atom. The van der Waals surface area contributed by atoms with Crippen LogP contribution in [0.1, 0.15) is 0 Å². The van der Waals surface area contributed by atoms with Crippen LogP contribution in [0.3, 0.4) is 0 Å². The van der Waals surface area contributed by atoms with Gasteiger partial charge in [0.2, 0.25) is 0 Å². The van der Waals surface area contributed by atoms with Crippen LogP contribution in [0.4, 0.5) is 0 Å². The van der Waals surface area contributed by atoms with Gasteiger partial charge in [-0.3, -0.25) is 0 Å². The van der Waals surface area contributed by atoms with Gasteiger partial charge >= 0.3 is 0 Å². The third kappa shape index (κ3) is 2.04. The molecule has 0 aromatic carbocycles. The summed E-state index contributed by atoms with van der Waals surface area (Å²) in [6.07, 6.45) is 0. The van der Waals surface area contributed by atoms with Crippen LogP contribution in [0.15, 0.2) is 50.5 Å².